The van der Waals surface area contributed by atoms with Gasteiger partial charge in [0.2, 0.25) is 0 Å². The maximum atomic E-state index is 14.4. The van der Waals surface area contributed by atoms with E-state index in [0.717, 1.165) is 11.5 Å². The Morgan fingerprint density at radius 2 is 1.88 bits per heavy atom. The zero-order chi connectivity index (χ0) is 28.8. The van der Waals surface area contributed by atoms with E-state index in [9.17, 15) is 29.2 Å². The number of aliphatic hydroxyl groups is 1. The summed E-state index contributed by atoms with van der Waals surface area (Å²) in [6, 6.07) is 6.32. The monoisotopic (exact) mass is 573 g/mol. The number of halogens is 1. The van der Waals surface area contributed by atoms with E-state index in [-0.39, 0.29) is 55.1 Å². The highest BCUT2D eigenvalue weighted by Crippen LogP contribution is 2.21. The fraction of sp³-hybridized carbons (Fsp3) is 0.462. The molecular formula is C26H32FN7O5S. The maximum Gasteiger partial charge on any atom is 0.332 e. The smallest absolute Gasteiger partial charge is 0.332 e. The average Bonchev–Trinajstić information content (AvgIpc) is 3.51. The molecular weight excluding hydrogens is 541 g/mol. The van der Waals surface area contributed by atoms with Crippen molar-refractivity contribution in [2.45, 2.75) is 52.7 Å². The number of nitro groups is 1. The summed E-state index contributed by atoms with van der Waals surface area (Å²) in [7, 11) is 0. The quantitative estimate of drug-likeness (QED) is 0.179. The molecule has 0 aliphatic carbocycles. The minimum atomic E-state index is -0.551. The number of likely N-dealkylation sites (N-methyl/N-ethyl adjacent to an activating group) is 1. The summed E-state index contributed by atoms with van der Waals surface area (Å²) < 4.78 is 22.8. The van der Waals surface area contributed by atoms with Crippen molar-refractivity contribution in [1.29, 1.82) is 0 Å². The minimum Gasteiger partial charge on any atom is -0.395 e. The number of fused-ring (bicyclic) bond motifs is 1. The second-order valence-corrected chi connectivity index (χ2v) is 9.95. The van der Waals surface area contributed by atoms with Gasteiger partial charge in [0.05, 0.1) is 23.6 Å². The lowest BCUT2D eigenvalue weighted by molar-refractivity contribution is -0.385. The molecule has 3 aromatic heterocycles. The van der Waals surface area contributed by atoms with E-state index in [0.29, 0.717) is 44.0 Å². The van der Waals surface area contributed by atoms with Gasteiger partial charge < -0.3 is 9.67 Å². The predicted molar refractivity (Wildman–Crippen MR) is 149 cm³/mol. The molecule has 3 heterocycles. The Morgan fingerprint density at radius 3 is 2.52 bits per heavy atom. The SMILES string of the molecule is CCCn1c(=O)c2c(nc(Cc3nscc3F)n2CCN(CC)CCO)n(CCc2ccccc2[N+](=O)[O-])c1=O. The number of aromatic nitrogens is 5. The molecule has 0 saturated carbocycles. The third-order valence-corrected chi connectivity index (χ3v) is 7.50. The minimum absolute atomic E-state index is 0.0156. The van der Waals surface area contributed by atoms with Crippen LogP contribution in [0.3, 0.4) is 0 Å². The number of nitro benzene ring substituents is 1. The summed E-state index contributed by atoms with van der Waals surface area (Å²) in [4.78, 5) is 45.0. The van der Waals surface area contributed by atoms with E-state index in [1.165, 1.54) is 20.6 Å². The summed E-state index contributed by atoms with van der Waals surface area (Å²) in [5, 5.41) is 22.3. The fourth-order valence-corrected chi connectivity index (χ4v) is 5.35. The summed E-state index contributed by atoms with van der Waals surface area (Å²) in [5.74, 6) is -0.0960. The van der Waals surface area contributed by atoms with Gasteiger partial charge in [-0.1, -0.05) is 32.0 Å². The lowest BCUT2D eigenvalue weighted by Crippen LogP contribution is -2.41. The topological polar surface area (TPSA) is 141 Å². The molecule has 1 aromatic carbocycles. The van der Waals surface area contributed by atoms with Gasteiger partial charge in [-0.2, -0.15) is 4.37 Å². The van der Waals surface area contributed by atoms with E-state index in [1.54, 1.807) is 22.8 Å². The number of hydrogen-bond acceptors (Lipinski definition) is 9. The number of nitrogens with zero attached hydrogens (tertiary/aromatic N) is 7. The van der Waals surface area contributed by atoms with Crippen LogP contribution in [0.2, 0.25) is 0 Å². The molecule has 40 heavy (non-hydrogen) atoms. The first kappa shape index (κ1) is 29.2. The average molecular weight is 574 g/mol. The molecule has 214 valence electrons. The van der Waals surface area contributed by atoms with Gasteiger partial charge in [0.1, 0.15) is 5.82 Å². The van der Waals surface area contributed by atoms with Gasteiger partial charge in [-0.15, -0.1) is 0 Å². The largest absolute Gasteiger partial charge is 0.395 e. The number of rotatable bonds is 14. The van der Waals surface area contributed by atoms with Gasteiger partial charge in [-0.3, -0.25) is 28.9 Å². The standard InChI is InChI=1S/C26H32FN7O5S/c1-3-10-33-25(36)23-24(32(26(33)37)11-9-18-7-5-6-8-21(18)34(38)39)28-22(16-20-19(27)17-40-29-20)31(23)13-12-30(4-2)14-15-35/h5-8,17,35H,3-4,9-16H2,1-2H3. The second-order valence-electron chi connectivity index (χ2n) is 9.32. The Morgan fingerprint density at radius 1 is 1.10 bits per heavy atom. The van der Waals surface area contributed by atoms with Gasteiger partial charge >= 0.3 is 5.69 Å². The predicted octanol–water partition coefficient (Wildman–Crippen LogP) is 2.42. The van der Waals surface area contributed by atoms with Crippen LogP contribution in [0.25, 0.3) is 11.2 Å². The van der Waals surface area contributed by atoms with Crippen LogP contribution < -0.4 is 11.2 Å². The Bertz CT molecular complexity index is 1610. The van der Waals surface area contributed by atoms with Crippen LogP contribution in [0.5, 0.6) is 0 Å². The summed E-state index contributed by atoms with van der Waals surface area (Å²) >= 11 is 0.980. The molecule has 0 fully saturated rings. The van der Waals surface area contributed by atoms with Crippen molar-refractivity contribution in [3.8, 4) is 0 Å². The summed E-state index contributed by atoms with van der Waals surface area (Å²) in [5.41, 5.74) is -0.101. The second kappa shape index (κ2) is 13.1. The first-order valence-electron chi connectivity index (χ1n) is 13.2. The molecule has 12 nitrogen and oxygen atoms in total. The molecule has 0 atom stereocenters. The van der Waals surface area contributed by atoms with Crippen LogP contribution >= 0.6 is 11.5 Å². The van der Waals surface area contributed by atoms with Crippen molar-refractivity contribution in [3.63, 3.8) is 0 Å². The molecule has 1 N–H and O–H groups in total. The van der Waals surface area contributed by atoms with Crippen molar-refractivity contribution < 1.29 is 14.4 Å². The number of imidazole rings is 1. The number of hydrogen-bond donors (Lipinski definition) is 1. The Labute approximate surface area is 233 Å². The highest BCUT2D eigenvalue weighted by Gasteiger charge is 2.24. The van der Waals surface area contributed by atoms with E-state index in [2.05, 4.69) is 9.36 Å². The first-order valence-corrected chi connectivity index (χ1v) is 14.0. The van der Waals surface area contributed by atoms with E-state index < -0.39 is 22.0 Å². The van der Waals surface area contributed by atoms with Crippen LogP contribution in [0, 0.1) is 15.9 Å². The van der Waals surface area contributed by atoms with E-state index in [4.69, 9.17) is 0 Å². The lowest BCUT2D eigenvalue weighted by atomic mass is 10.1. The Kier molecular flexibility index (Phi) is 9.55. The van der Waals surface area contributed by atoms with Crippen molar-refractivity contribution in [2.75, 3.05) is 26.2 Å². The molecule has 0 aliphatic rings. The molecule has 4 rings (SSSR count). The van der Waals surface area contributed by atoms with E-state index in [1.807, 2.05) is 18.7 Å². The van der Waals surface area contributed by atoms with Crippen molar-refractivity contribution in [1.82, 2.24) is 28.0 Å². The third kappa shape index (κ3) is 6.03. The fourth-order valence-electron chi connectivity index (χ4n) is 4.79. The highest BCUT2D eigenvalue weighted by molar-refractivity contribution is 7.03. The first-order chi connectivity index (χ1) is 19.3. The number of aliphatic hydroxyl groups excluding tert-OH is 1. The van der Waals surface area contributed by atoms with Crippen LogP contribution in [0.4, 0.5) is 10.1 Å². The molecule has 0 radical (unpaired) electrons. The van der Waals surface area contributed by atoms with Crippen LogP contribution in [-0.4, -0.2) is 64.2 Å². The van der Waals surface area contributed by atoms with Crippen LogP contribution in [0.15, 0.2) is 39.2 Å². The highest BCUT2D eigenvalue weighted by atomic mass is 32.1. The Hall–Kier alpha value is -3.75. The number of aryl methyl sites for hydroxylation is 2. The molecule has 0 amide bonds. The maximum absolute atomic E-state index is 14.4. The summed E-state index contributed by atoms with van der Waals surface area (Å²) in [6.07, 6.45) is 0.719. The van der Waals surface area contributed by atoms with Crippen LogP contribution in [0.1, 0.15) is 37.4 Å². The molecule has 0 saturated heterocycles. The van der Waals surface area contributed by atoms with E-state index >= 15 is 0 Å². The van der Waals surface area contributed by atoms with Gasteiger partial charge in [0, 0.05) is 49.7 Å². The third-order valence-electron chi connectivity index (χ3n) is 6.86. The van der Waals surface area contributed by atoms with Gasteiger partial charge in [0.25, 0.3) is 11.2 Å². The molecule has 0 unspecified atom stereocenters. The zero-order valence-corrected chi connectivity index (χ0v) is 23.3. The van der Waals surface area contributed by atoms with Crippen LogP contribution in [-0.2, 0) is 32.5 Å². The molecule has 0 bridgehead atoms. The zero-order valence-electron chi connectivity index (χ0n) is 22.5. The molecule has 4 aromatic rings. The van der Waals surface area contributed by atoms with Crippen molar-refractivity contribution in [2.24, 2.45) is 0 Å². The van der Waals surface area contributed by atoms with Gasteiger partial charge in [0.15, 0.2) is 17.0 Å². The summed E-state index contributed by atoms with van der Waals surface area (Å²) in [6.45, 7) is 5.95. The Balaban J connectivity index is 1.88. The molecule has 0 spiro atoms. The normalized spacial score (nSPS) is 11.6. The van der Waals surface area contributed by atoms with Crippen molar-refractivity contribution >= 4 is 28.4 Å². The van der Waals surface area contributed by atoms with Gasteiger partial charge in [-0.05, 0) is 30.9 Å². The number of para-hydroxylation sites is 1. The molecule has 14 heteroatoms. The van der Waals surface area contributed by atoms with Gasteiger partial charge in [-0.25, -0.2) is 14.2 Å². The lowest BCUT2D eigenvalue weighted by Gasteiger charge is -2.20. The number of benzene rings is 1. The molecule has 0 aliphatic heterocycles. The van der Waals surface area contributed by atoms with Crippen molar-refractivity contribution in [3.05, 3.63) is 83.5 Å².